The van der Waals surface area contributed by atoms with E-state index in [2.05, 4.69) is 24.1 Å². The topological polar surface area (TPSA) is 94.6 Å². The Hall–Kier alpha value is -1.66. The third-order valence-electron chi connectivity index (χ3n) is 1.56. The molecule has 7 nitrogen and oxygen atoms in total. The fourth-order valence-electron chi connectivity index (χ4n) is 0.857. The molecule has 0 radical (unpaired) electrons. The maximum absolute atomic E-state index is 10.3. The van der Waals surface area contributed by atoms with Crippen LogP contribution in [-0.2, 0) is 0 Å². The van der Waals surface area contributed by atoms with Crippen LogP contribution in [0, 0.1) is 15.5 Å². The average molecular weight is 201 g/mol. The quantitative estimate of drug-likeness (QED) is 0.218. The van der Waals surface area contributed by atoms with Gasteiger partial charge in [0.1, 0.15) is 6.72 Å². The Morgan fingerprint density at radius 1 is 1.71 bits per heavy atom. The van der Waals surface area contributed by atoms with Crippen molar-refractivity contribution in [1.29, 1.82) is 5.41 Å². The number of unbranched alkanes of at least 4 members (excludes halogenated alkanes) is 2. The molecule has 0 aliphatic carbocycles. The first-order chi connectivity index (χ1) is 6.63. The first-order valence-electron chi connectivity index (χ1n) is 4.37. The van der Waals surface area contributed by atoms with E-state index in [1.807, 2.05) is 0 Å². The number of hydrogen-bond acceptors (Lipinski definition) is 4. The maximum Gasteiger partial charge on any atom is 0.282 e. The lowest BCUT2D eigenvalue weighted by molar-refractivity contribution is -0.631. The molecule has 0 heterocycles. The van der Waals surface area contributed by atoms with Gasteiger partial charge in [-0.1, -0.05) is 19.8 Å². The van der Waals surface area contributed by atoms with Gasteiger partial charge < -0.3 is 15.4 Å². The molecule has 0 amide bonds. The lowest BCUT2D eigenvalue weighted by atomic mass is 10.2. The van der Waals surface area contributed by atoms with Gasteiger partial charge in [0.25, 0.3) is 5.96 Å². The van der Waals surface area contributed by atoms with Crippen LogP contribution in [-0.4, -0.2) is 29.4 Å². The van der Waals surface area contributed by atoms with Gasteiger partial charge in [-0.2, -0.15) is 0 Å². The molecular weight excluding hydrogens is 186 g/mol. The number of nitro groups is 1. The van der Waals surface area contributed by atoms with Crippen molar-refractivity contribution in [1.82, 2.24) is 10.4 Å². The van der Waals surface area contributed by atoms with E-state index in [1.54, 1.807) is 0 Å². The zero-order valence-corrected chi connectivity index (χ0v) is 8.19. The van der Waals surface area contributed by atoms with Crippen molar-refractivity contribution in [3.63, 3.8) is 0 Å². The van der Waals surface area contributed by atoms with Gasteiger partial charge in [-0.3, -0.25) is 5.41 Å². The normalized spacial score (nSPS) is 9.21. The standard InChI is InChI=1S/C7H15N5O2/c1-3-4-5-6-10-7(8)11(9-2)12(13)14/h2-6H2,1H3,(H2,8,10). The Kier molecular flexibility index (Phi) is 6.01. The number of nitrogens with one attached hydrogen (secondary N) is 2. The number of hydrazine groups is 1. The highest BCUT2D eigenvalue weighted by Crippen LogP contribution is 1.93. The fraction of sp³-hybridized carbons (Fsp3) is 0.714. The first-order valence-corrected chi connectivity index (χ1v) is 4.37. The van der Waals surface area contributed by atoms with E-state index in [9.17, 15) is 10.1 Å². The van der Waals surface area contributed by atoms with Crippen molar-refractivity contribution < 1.29 is 5.03 Å². The maximum atomic E-state index is 10.3. The molecule has 0 spiro atoms. The van der Waals surface area contributed by atoms with E-state index in [0.717, 1.165) is 19.3 Å². The minimum Gasteiger partial charge on any atom is -0.350 e. The van der Waals surface area contributed by atoms with Crippen LogP contribution in [0.5, 0.6) is 0 Å². The number of rotatable bonds is 6. The fourth-order valence-corrected chi connectivity index (χ4v) is 0.857. The van der Waals surface area contributed by atoms with Crippen molar-refractivity contribution in [3.8, 4) is 0 Å². The van der Waals surface area contributed by atoms with Crippen molar-refractivity contribution >= 4 is 12.7 Å². The molecule has 0 unspecified atom stereocenters. The van der Waals surface area contributed by atoms with Crippen LogP contribution in [0.1, 0.15) is 26.2 Å². The van der Waals surface area contributed by atoms with Crippen LogP contribution in [0.3, 0.4) is 0 Å². The third-order valence-corrected chi connectivity index (χ3v) is 1.56. The Morgan fingerprint density at radius 2 is 2.36 bits per heavy atom. The SMILES string of the molecule is C=NN(C(=N)NCCCCC)[N+](=O)[O-]. The minimum absolute atomic E-state index is 0.298. The molecule has 0 saturated heterocycles. The number of hydrogen-bond donors (Lipinski definition) is 2. The smallest absolute Gasteiger partial charge is 0.282 e. The van der Waals surface area contributed by atoms with Crippen LogP contribution < -0.4 is 5.32 Å². The summed E-state index contributed by atoms with van der Waals surface area (Å²) >= 11 is 0. The Balaban J connectivity index is 3.82. The predicted octanol–water partition coefficient (Wildman–Crippen LogP) is 0.810. The van der Waals surface area contributed by atoms with Crippen LogP contribution >= 0.6 is 0 Å². The number of hydrazone groups is 1. The molecule has 0 aromatic rings. The molecule has 2 N–H and O–H groups in total. The van der Waals surface area contributed by atoms with Crippen molar-refractivity contribution in [2.75, 3.05) is 6.54 Å². The molecule has 0 saturated carbocycles. The van der Waals surface area contributed by atoms with Crippen LogP contribution in [0.15, 0.2) is 5.10 Å². The van der Waals surface area contributed by atoms with Crippen LogP contribution in [0.2, 0.25) is 0 Å². The molecule has 80 valence electrons. The molecule has 0 fully saturated rings. The second-order valence-corrected chi connectivity index (χ2v) is 2.65. The summed E-state index contributed by atoms with van der Waals surface area (Å²) in [6.45, 7) is 5.59. The van der Waals surface area contributed by atoms with Gasteiger partial charge in [-0.25, -0.2) is 0 Å². The van der Waals surface area contributed by atoms with Gasteiger partial charge in [0.05, 0.1) is 10.2 Å². The van der Waals surface area contributed by atoms with Gasteiger partial charge in [-0.05, 0) is 6.42 Å². The van der Waals surface area contributed by atoms with Gasteiger partial charge in [0.15, 0.2) is 0 Å². The molecule has 0 aromatic carbocycles. The summed E-state index contributed by atoms with van der Waals surface area (Å²) in [7, 11) is 0. The van der Waals surface area contributed by atoms with Crippen molar-refractivity contribution in [2.45, 2.75) is 26.2 Å². The largest absolute Gasteiger partial charge is 0.350 e. The van der Waals surface area contributed by atoms with E-state index in [0.29, 0.717) is 11.7 Å². The summed E-state index contributed by atoms with van der Waals surface area (Å²) in [5.41, 5.74) is 0. The predicted molar refractivity (Wildman–Crippen MR) is 53.6 cm³/mol. The lowest BCUT2D eigenvalue weighted by Gasteiger charge is -2.10. The molecule has 14 heavy (non-hydrogen) atoms. The summed E-state index contributed by atoms with van der Waals surface area (Å²) in [6, 6.07) is 0. The first kappa shape index (κ1) is 12.3. The van der Waals surface area contributed by atoms with E-state index in [1.165, 1.54) is 0 Å². The van der Waals surface area contributed by atoms with Gasteiger partial charge >= 0.3 is 0 Å². The summed E-state index contributed by atoms with van der Waals surface area (Å²) in [5, 5.41) is 22.7. The zero-order valence-electron chi connectivity index (χ0n) is 8.19. The molecule has 0 atom stereocenters. The summed E-state index contributed by atoms with van der Waals surface area (Å²) in [5.74, 6) is -0.360. The van der Waals surface area contributed by atoms with Crippen molar-refractivity contribution in [2.24, 2.45) is 5.10 Å². The Morgan fingerprint density at radius 3 is 2.79 bits per heavy atom. The van der Waals surface area contributed by atoms with Crippen molar-refractivity contribution in [3.05, 3.63) is 10.1 Å². The third kappa shape index (κ3) is 4.39. The lowest BCUT2D eigenvalue weighted by Crippen LogP contribution is -2.40. The molecule has 0 aliphatic rings. The van der Waals surface area contributed by atoms with Crippen LogP contribution in [0.25, 0.3) is 0 Å². The van der Waals surface area contributed by atoms with Gasteiger partial charge in [0, 0.05) is 11.6 Å². The van der Waals surface area contributed by atoms with Crippen LogP contribution in [0.4, 0.5) is 0 Å². The van der Waals surface area contributed by atoms with E-state index >= 15 is 0 Å². The Bertz CT molecular complexity index is 218. The van der Waals surface area contributed by atoms with Gasteiger partial charge in [-0.15, -0.1) is 0 Å². The number of nitrogens with zero attached hydrogens (tertiary/aromatic N) is 3. The average Bonchev–Trinajstić information content (AvgIpc) is 2.13. The second-order valence-electron chi connectivity index (χ2n) is 2.65. The monoisotopic (exact) mass is 201 g/mol. The highest BCUT2D eigenvalue weighted by atomic mass is 16.7. The van der Waals surface area contributed by atoms with Gasteiger partial charge in [0.2, 0.25) is 0 Å². The van der Waals surface area contributed by atoms with E-state index < -0.39 is 5.03 Å². The molecule has 0 aromatic heterocycles. The molecular formula is C7H15N5O2. The van der Waals surface area contributed by atoms with E-state index in [4.69, 9.17) is 5.41 Å². The summed E-state index contributed by atoms with van der Waals surface area (Å²) in [6.07, 6.45) is 2.97. The molecule has 0 aliphatic heterocycles. The second kappa shape index (κ2) is 6.81. The van der Waals surface area contributed by atoms with E-state index in [-0.39, 0.29) is 5.96 Å². The Labute approximate surface area is 82.4 Å². The zero-order chi connectivity index (χ0) is 11.0. The summed E-state index contributed by atoms with van der Waals surface area (Å²) in [4.78, 5) is 10.3. The number of guanidine groups is 1. The molecule has 7 heteroatoms. The highest BCUT2D eigenvalue weighted by molar-refractivity contribution is 5.75. The minimum atomic E-state index is -0.803. The molecule has 0 bridgehead atoms. The molecule has 0 rings (SSSR count). The summed E-state index contributed by atoms with van der Waals surface area (Å²) < 4.78 is 0. The highest BCUT2D eigenvalue weighted by Gasteiger charge is 2.16.